The van der Waals surface area contributed by atoms with Crippen molar-refractivity contribution in [1.29, 1.82) is 0 Å². The first-order valence-electron chi connectivity index (χ1n) is 15.9. The van der Waals surface area contributed by atoms with E-state index in [0.717, 1.165) is 86.8 Å². The number of phenols is 1. The number of hydrogen-bond donors (Lipinski definition) is 4. The molecule has 7 heteroatoms. The molecule has 0 amide bonds. The van der Waals surface area contributed by atoms with Gasteiger partial charge in [-0.05, 0) is 85.9 Å². The van der Waals surface area contributed by atoms with Crippen LogP contribution in [-0.2, 0) is 24.7 Å². The summed E-state index contributed by atoms with van der Waals surface area (Å²) in [5.74, 6) is 2.59. The summed E-state index contributed by atoms with van der Waals surface area (Å²) < 4.78 is 6.75. The summed E-state index contributed by atoms with van der Waals surface area (Å²) in [6.07, 6.45) is 7.36. The van der Waals surface area contributed by atoms with Crippen molar-refractivity contribution in [3.63, 3.8) is 0 Å². The molecule has 3 aliphatic carbocycles. The van der Waals surface area contributed by atoms with E-state index in [0.29, 0.717) is 12.2 Å². The van der Waals surface area contributed by atoms with Crippen molar-refractivity contribution < 1.29 is 14.9 Å². The Morgan fingerprint density at radius 1 is 1.20 bits per heavy atom. The molecule has 2 fully saturated rings. The lowest BCUT2D eigenvalue weighted by Crippen LogP contribution is -2.74. The maximum absolute atomic E-state index is 13.1. The summed E-state index contributed by atoms with van der Waals surface area (Å²) in [5.41, 5.74) is 5.33. The molecule has 4 atom stereocenters. The number of benzene rings is 2. The molecule has 41 heavy (non-hydrogen) atoms. The molecule has 2 aromatic carbocycles. The largest absolute Gasteiger partial charge is 0.504 e. The highest BCUT2D eigenvalue weighted by Crippen LogP contribution is 2.69. The molecule has 1 aromatic heterocycles. The molecule has 4 N–H and O–H groups in total. The molecule has 1 saturated heterocycles. The van der Waals surface area contributed by atoms with Gasteiger partial charge in [-0.15, -0.1) is 0 Å². The molecule has 216 valence electrons. The third-order valence-corrected chi connectivity index (χ3v) is 10.7. The Morgan fingerprint density at radius 3 is 2.88 bits per heavy atom. The third kappa shape index (κ3) is 3.61. The maximum Gasteiger partial charge on any atom is 0.166 e. The lowest BCUT2D eigenvalue weighted by atomic mass is 9.49. The molecule has 3 aromatic rings. The van der Waals surface area contributed by atoms with Gasteiger partial charge in [-0.25, -0.2) is 0 Å². The van der Waals surface area contributed by atoms with Crippen LogP contribution in [-0.4, -0.2) is 63.8 Å². The zero-order valence-electron chi connectivity index (χ0n) is 24.3. The van der Waals surface area contributed by atoms with Crippen LogP contribution in [0.1, 0.15) is 80.0 Å². The number of likely N-dealkylation sites (tertiary alicyclic amines) is 1. The number of aromatic amines is 1. The van der Waals surface area contributed by atoms with Gasteiger partial charge < -0.3 is 25.3 Å². The molecule has 7 nitrogen and oxygen atoms in total. The summed E-state index contributed by atoms with van der Waals surface area (Å²) >= 11 is 0. The van der Waals surface area contributed by atoms with Crippen molar-refractivity contribution >= 4 is 16.7 Å². The molecule has 1 saturated carbocycles. The van der Waals surface area contributed by atoms with Gasteiger partial charge in [0.2, 0.25) is 0 Å². The highest BCUT2D eigenvalue weighted by molar-refractivity contribution is 5.89. The zero-order valence-corrected chi connectivity index (χ0v) is 24.3. The molecule has 0 unspecified atom stereocenters. The fourth-order valence-corrected chi connectivity index (χ4v) is 8.66. The van der Waals surface area contributed by atoms with Crippen LogP contribution in [0.3, 0.4) is 0 Å². The van der Waals surface area contributed by atoms with E-state index < -0.39 is 11.0 Å². The number of H-pyrrole nitrogens is 1. The molecule has 8 rings (SSSR count). The summed E-state index contributed by atoms with van der Waals surface area (Å²) in [6, 6.07) is 10.6. The second kappa shape index (κ2) is 9.23. The summed E-state index contributed by atoms with van der Waals surface area (Å²) in [6.45, 7) is 8.13. The van der Waals surface area contributed by atoms with Crippen LogP contribution < -0.4 is 10.1 Å². The Labute approximate surface area is 242 Å². The molecular weight excluding hydrogens is 512 g/mol. The number of ether oxygens (including phenoxy) is 1. The van der Waals surface area contributed by atoms with Gasteiger partial charge in [0.15, 0.2) is 17.6 Å². The normalized spacial score (nSPS) is 29.8. The number of aromatic nitrogens is 1. The number of hydrogen-bond acceptors (Lipinski definition) is 5. The summed E-state index contributed by atoms with van der Waals surface area (Å²) in [4.78, 5) is 11.2. The quantitative estimate of drug-likeness (QED) is 0.234. The van der Waals surface area contributed by atoms with Crippen LogP contribution in [0.25, 0.3) is 10.9 Å². The second-order valence-corrected chi connectivity index (χ2v) is 13.3. The van der Waals surface area contributed by atoms with Crippen molar-refractivity contribution in [2.45, 2.75) is 88.4 Å². The Morgan fingerprint density at radius 2 is 2.07 bits per heavy atom. The van der Waals surface area contributed by atoms with Crippen molar-refractivity contribution in [2.75, 3.05) is 26.2 Å². The van der Waals surface area contributed by atoms with Crippen molar-refractivity contribution in [1.82, 2.24) is 15.2 Å². The van der Waals surface area contributed by atoms with E-state index in [1.807, 2.05) is 0 Å². The highest BCUT2D eigenvalue weighted by atomic mass is 16.5. The standard InChI is InChI=1S/C34H42N4O3/c1-3-12-35-28(36-13-4-2)16-21-7-9-25-23(15-21)24-18-34(40)27-17-22-8-10-26(39)31-29(22)33(34,32(41-31)30(24)37-25)11-14-38(27)19-20-5-6-20/h7-10,15,20,27,32,37,39-40H,3-6,11-14,16-19H2,1-2H3,(H,35,36)/t27-,32+,33+,34-/m1/s1. The minimum absolute atomic E-state index is 0.0400. The first kappa shape index (κ1) is 25.7. The minimum atomic E-state index is -0.967. The first-order chi connectivity index (χ1) is 20.0. The van der Waals surface area contributed by atoms with Gasteiger partial charge >= 0.3 is 0 Å². The number of phenolic OH excluding ortho intramolecular Hbond substituents is 1. The van der Waals surface area contributed by atoms with E-state index in [9.17, 15) is 10.2 Å². The highest BCUT2D eigenvalue weighted by Gasteiger charge is 2.72. The van der Waals surface area contributed by atoms with Gasteiger partial charge in [-0.2, -0.15) is 0 Å². The monoisotopic (exact) mass is 554 g/mol. The molecule has 2 aliphatic heterocycles. The number of nitrogens with zero attached hydrogens (tertiary/aromatic N) is 2. The predicted octanol–water partition coefficient (Wildman–Crippen LogP) is 4.92. The maximum atomic E-state index is 13.1. The molecule has 2 bridgehead atoms. The lowest BCUT2D eigenvalue weighted by Gasteiger charge is -2.62. The van der Waals surface area contributed by atoms with E-state index in [2.05, 4.69) is 53.3 Å². The number of rotatable bonds is 8. The SMILES string of the molecule is CCCN=C(Cc1ccc2[nH]c3c(c2c1)C[C@@]1(O)[C@H]2Cc4ccc(O)c5c4[C@@]1(CCN2CC1CC1)[C@H]3O5)NCCC. The Kier molecular flexibility index (Phi) is 5.78. The van der Waals surface area contributed by atoms with Crippen molar-refractivity contribution in [3.8, 4) is 11.5 Å². The van der Waals surface area contributed by atoms with Crippen LogP contribution in [0.5, 0.6) is 11.5 Å². The van der Waals surface area contributed by atoms with Gasteiger partial charge in [-0.3, -0.25) is 9.89 Å². The van der Waals surface area contributed by atoms with E-state index in [-0.39, 0.29) is 17.9 Å². The average Bonchev–Trinajstić information content (AvgIpc) is 3.61. The van der Waals surface area contributed by atoms with Gasteiger partial charge in [0.25, 0.3) is 0 Å². The topological polar surface area (TPSA) is 93.1 Å². The van der Waals surface area contributed by atoms with E-state index in [1.54, 1.807) is 6.07 Å². The summed E-state index contributed by atoms with van der Waals surface area (Å²) in [5, 5.41) is 28.8. The fraction of sp³-hybridized carbons (Fsp3) is 0.559. The minimum Gasteiger partial charge on any atom is -0.504 e. The average molecular weight is 555 g/mol. The van der Waals surface area contributed by atoms with Crippen molar-refractivity contribution in [2.24, 2.45) is 10.9 Å². The number of aliphatic imine (C=N–C) groups is 1. The number of aromatic hydroxyl groups is 1. The summed E-state index contributed by atoms with van der Waals surface area (Å²) in [7, 11) is 0. The number of nitrogens with one attached hydrogen (secondary N) is 2. The first-order valence-corrected chi connectivity index (χ1v) is 15.9. The molecular formula is C34H42N4O3. The Balaban J connectivity index is 1.25. The van der Waals surface area contributed by atoms with Gasteiger partial charge in [-0.1, -0.05) is 26.0 Å². The number of piperidine rings is 1. The third-order valence-electron chi connectivity index (χ3n) is 10.7. The van der Waals surface area contributed by atoms with E-state index in [1.165, 1.54) is 34.9 Å². The number of amidine groups is 1. The fourth-order valence-electron chi connectivity index (χ4n) is 8.66. The molecule has 0 radical (unpaired) electrons. The van der Waals surface area contributed by atoms with Gasteiger partial charge in [0.05, 0.1) is 16.7 Å². The Bertz CT molecular complexity index is 1560. The lowest BCUT2D eigenvalue weighted by molar-refractivity contribution is -0.173. The second-order valence-electron chi connectivity index (χ2n) is 13.3. The molecule has 1 spiro atoms. The smallest absolute Gasteiger partial charge is 0.166 e. The van der Waals surface area contributed by atoms with E-state index >= 15 is 0 Å². The number of aliphatic hydroxyl groups is 1. The van der Waals surface area contributed by atoms with Gasteiger partial charge in [0, 0.05) is 55.0 Å². The van der Waals surface area contributed by atoms with Crippen LogP contribution in [0.15, 0.2) is 35.3 Å². The van der Waals surface area contributed by atoms with Gasteiger partial charge in [0.1, 0.15) is 5.84 Å². The van der Waals surface area contributed by atoms with Crippen LogP contribution in [0, 0.1) is 5.92 Å². The zero-order chi connectivity index (χ0) is 27.9. The predicted molar refractivity (Wildman–Crippen MR) is 161 cm³/mol. The van der Waals surface area contributed by atoms with Crippen LogP contribution >= 0.6 is 0 Å². The molecule has 5 aliphatic rings. The van der Waals surface area contributed by atoms with Crippen molar-refractivity contribution in [3.05, 3.63) is 58.3 Å². The Hall–Kier alpha value is -3.03. The van der Waals surface area contributed by atoms with Crippen LogP contribution in [0.2, 0.25) is 0 Å². The molecule has 3 heterocycles. The van der Waals surface area contributed by atoms with Crippen LogP contribution in [0.4, 0.5) is 0 Å². The van der Waals surface area contributed by atoms with E-state index in [4.69, 9.17) is 9.73 Å². The number of fused-ring (bicyclic) bond motifs is 4.